The van der Waals surface area contributed by atoms with Gasteiger partial charge in [-0.3, -0.25) is 9.59 Å². The smallest absolute Gasteiger partial charge is 0.229 e. The largest absolute Gasteiger partial charge is 0.326 e. The highest BCUT2D eigenvalue weighted by Gasteiger charge is 2.35. The van der Waals surface area contributed by atoms with Gasteiger partial charge in [-0.1, -0.05) is 15.9 Å². The average Bonchev–Trinajstić information content (AvgIpc) is 2.93. The van der Waals surface area contributed by atoms with Gasteiger partial charge in [0.1, 0.15) is 0 Å². The predicted octanol–water partition coefficient (Wildman–Crippen LogP) is 4.35. The van der Waals surface area contributed by atoms with Gasteiger partial charge in [-0.25, -0.2) is 0 Å². The van der Waals surface area contributed by atoms with Gasteiger partial charge >= 0.3 is 0 Å². The lowest BCUT2D eigenvalue weighted by Gasteiger charge is -2.17. The maximum atomic E-state index is 12.5. The molecule has 4 nitrogen and oxygen atoms in total. The zero-order valence-corrected chi connectivity index (χ0v) is 16.8. The van der Waals surface area contributed by atoms with Crippen molar-refractivity contribution in [3.05, 3.63) is 56.1 Å². The van der Waals surface area contributed by atoms with Crippen LogP contribution in [0.25, 0.3) is 0 Å². The number of carbonyl (C=O) groups excluding carboxylic acids is 2. The fourth-order valence-electron chi connectivity index (χ4n) is 2.76. The van der Waals surface area contributed by atoms with Crippen LogP contribution >= 0.6 is 38.5 Å². The van der Waals surface area contributed by atoms with Gasteiger partial charge in [0, 0.05) is 32.4 Å². The first-order valence-corrected chi connectivity index (χ1v) is 9.44. The van der Waals surface area contributed by atoms with E-state index in [0.717, 1.165) is 25.0 Å². The summed E-state index contributed by atoms with van der Waals surface area (Å²) in [4.78, 5) is 26.5. The number of hydrogen-bond acceptors (Lipinski definition) is 2. The van der Waals surface area contributed by atoms with Gasteiger partial charge in [-0.05, 0) is 77.5 Å². The molecule has 1 heterocycles. The molecule has 124 valence electrons. The minimum absolute atomic E-state index is 0.0168. The molecule has 0 aliphatic carbocycles. The molecule has 2 amide bonds. The molecule has 1 saturated heterocycles. The Labute approximate surface area is 162 Å². The molecule has 0 spiro atoms. The summed E-state index contributed by atoms with van der Waals surface area (Å²) in [5, 5.41) is 2.95. The first-order chi connectivity index (χ1) is 11.4. The summed E-state index contributed by atoms with van der Waals surface area (Å²) in [6.45, 7) is 2.38. The van der Waals surface area contributed by atoms with E-state index < -0.39 is 0 Å². The summed E-state index contributed by atoms with van der Waals surface area (Å²) in [5.41, 5.74) is 2.64. The molecule has 0 radical (unpaired) electrons. The number of carbonyl (C=O) groups is 2. The molecule has 3 rings (SSSR count). The van der Waals surface area contributed by atoms with Crippen molar-refractivity contribution in [1.29, 1.82) is 0 Å². The van der Waals surface area contributed by atoms with E-state index in [1.54, 1.807) is 4.90 Å². The minimum Gasteiger partial charge on any atom is -0.326 e. The summed E-state index contributed by atoms with van der Waals surface area (Å²) in [6.07, 6.45) is 0.241. The molecule has 0 aromatic heterocycles. The third-order valence-electron chi connectivity index (χ3n) is 4.08. The summed E-state index contributed by atoms with van der Waals surface area (Å²) in [7, 11) is 0. The second-order valence-corrected chi connectivity index (χ2v) is 7.99. The highest BCUT2D eigenvalue weighted by molar-refractivity contribution is 14.1. The van der Waals surface area contributed by atoms with Crippen molar-refractivity contribution in [3.63, 3.8) is 0 Å². The predicted molar refractivity (Wildman–Crippen MR) is 107 cm³/mol. The van der Waals surface area contributed by atoms with E-state index in [-0.39, 0.29) is 24.2 Å². The standard InChI is InChI=1S/C18H16BrIN2O2/c1-11-8-14(20)4-7-16(11)21-18(24)12-9-17(23)22(10-12)15-5-2-13(19)3-6-15/h2-8,12H,9-10H2,1H3,(H,21,24)/t12-/m0/s1. The van der Waals surface area contributed by atoms with Gasteiger partial charge in [-0.15, -0.1) is 0 Å². The molecule has 24 heavy (non-hydrogen) atoms. The topological polar surface area (TPSA) is 49.4 Å². The molecule has 1 N–H and O–H groups in total. The van der Waals surface area contributed by atoms with Crippen LogP contribution < -0.4 is 10.2 Å². The van der Waals surface area contributed by atoms with Crippen LogP contribution in [0.5, 0.6) is 0 Å². The Balaban J connectivity index is 1.70. The Morgan fingerprint density at radius 1 is 1.25 bits per heavy atom. The van der Waals surface area contributed by atoms with Crippen LogP contribution in [0.1, 0.15) is 12.0 Å². The Hall–Kier alpha value is -1.41. The highest BCUT2D eigenvalue weighted by atomic mass is 127. The van der Waals surface area contributed by atoms with E-state index in [9.17, 15) is 9.59 Å². The molecule has 1 atom stereocenters. The van der Waals surface area contributed by atoms with E-state index in [2.05, 4.69) is 43.8 Å². The Kier molecular flexibility index (Phi) is 5.24. The van der Waals surface area contributed by atoms with E-state index in [4.69, 9.17) is 0 Å². The molecule has 0 bridgehead atoms. The number of aryl methyl sites for hydroxylation is 1. The maximum absolute atomic E-state index is 12.5. The average molecular weight is 499 g/mol. The van der Waals surface area contributed by atoms with Crippen molar-refractivity contribution in [1.82, 2.24) is 0 Å². The lowest BCUT2D eigenvalue weighted by molar-refractivity contribution is -0.122. The summed E-state index contributed by atoms with van der Waals surface area (Å²) in [6, 6.07) is 13.4. The zero-order chi connectivity index (χ0) is 17.3. The molecule has 0 unspecified atom stereocenters. The van der Waals surface area contributed by atoms with Crippen molar-refractivity contribution in [3.8, 4) is 0 Å². The zero-order valence-electron chi connectivity index (χ0n) is 13.1. The maximum Gasteiger partial charge on any atom is 0.229 e. The number of amides is 2. The fourth-order valence-corrected chi connectivity index (χ4v) is 3.67. The van der Waals surface area contributed by atoms with Gasteiger partial charge < -0.3 is 10.2 Å². The molecule has 1 aliphatic heterocycles. The monoisotopic (exact) mass is 498 g/mol. The number of anilines is 2. The van der Waals surface area contributed by atoms with Crippen LogP contribution in [0.15, 0.2) is 46.9 Å². The second kappa shape index (κ2) is 7.23. The number of benzene rings is 2. The van der Waals surface area contributed by atoms with Crippen molar-refractivity contribution in [2.75, 3.05) is 16.8 Å². The highest BCUT2D eigenvalue weighted by Crippen LogP contribution is 2.27. The van der Waals surface area contributed by atoms with Crippen molar-refractivity contribution >= 4 is 61.7 Å². The number of nitrogens with one attached hydrogen (secondary N) is 1. The van der Waals surface area contributed by atoms with Crippen LogP contribution in [0.2, 0.25) is 0 Å². The van der Waals surface area contributed by atoms with Gasteiger partial charge in [0.15, 0.2) is 0 Å². The number of hydrogen-bond donors (Lipinski definition) is 1. The number of halogens is 2. The Morgan fingerprint density at radius 2 is 1.96 bits per heavy atom. The van der Waals surface area contributed by atoms with Crippen LogP contribution in [-0.2, 0) is 9.59 Å². The van der Waals surface area contributed by atoms with Crippen molar-refractivity contribution < 1.29 is 9.59 Å². The summed E-state index contributed by atoms with van der Waals surface area (Å²) in [5.74, 6) is -0.455. The van der Waals surface area contributed by atoms with E-state index in [1.807, 2.05) is 49.4 Å². The Bertz CT molecular complexity index is 792. The molecule has 1 fully saturated rings. The number of nitrogens with zero attached hydrogens (tertiary/aromatic N) is 1. The molecule has 2 aromatic carbocycles. The molecule has 1 aliphatic rings. The van der Waals surface area contributed by atoms with Crippen LogP contribution in [-0.4, -0.2) is 18.4 Å². The van der Waals surface area contributed by atoms with Gasteiger partial charge in [0.05, 0.1) is 5.92 Å². The second-order valence-electron chi connectivity index (χ2n) is 5.83. The van der Waals surface area contributed by atoms with Crippen molar-refractivity contribution in [2.45, 2.75) is 13.3 Å². The van der Waals surface area contributed by atoms with Gasteiger partial charge in [-0.2, -0.15) is 0 Å². The molecule has 6 heteroatoms. The van der Waals surface area contributed by atoms with Crippen LogP contribution in [0.4, 0.5) is 11.4 Å². The quantitative estimate of drug-likeness (QED) is 0.639. The normalized spacial score (nSPS) is 17.2. The molecular formula is C18H16BrIN2O2. The minimum atomic E-state index is -0.333. The summed E-state index contributed by atoms with van der Waals surface area (Å²) < 4.78 is 2.09. The van der Waals surface area contributed by atoms with E-state index >= 15 is 0 Å². The summed E-state index contributed by atoms with van der Waals surface area (Å²) >= 11 is 5.63. The SMILES string of the molecule is Cc1cc(I)ccc1NC(=O)[C@H]1CC(=O)N(c2ccc(Br)cc2)C1. The molecule has 0 saturated carbocycles. The lowest BCUT2D eigenvalue weighted by atomic mass is 10.1. The molecule has 2 aromatic rings. The van der Waals surface area contributed by atoms with Gasteiger partial charge in [0.2, 0.25) is 11.8 Å². The fraction of sp³-hybridized carbons (Fsp3) is 0.222. The molecular weight excluding hydrogens is 483 g/mol. The van der Waals surface area contributed by atoms with Crippen molar-refractivity contribution in [2.24, 2.45) is 5.92 Å². The number of rotatable bonds is 3. The van der Waals surface area contributed by atoms with Crippen LogP contribution in [0.3, 0.4) is 0 Å². The first kappa shape index (κ1) is 17.4. The van der Waals surface area contributed by atoms with Gasteiger partial charge in [0.25, 0.3) is 0 Å². The third-order valence-corrected chi connectivity index (χ3v) is 5.28. The third kappa shape index (κ3) is 3.80. The van der Waals surface area contributed by atoms with E-state index in [0.29, 0.717) is 6.54 Å². The lowest BCUT2D eigenvalue weighted by Crippen LogP contribution is -2.28. The first-order valence-electron chi connectivity index (χ1n) is 7.57. The Morgan fingerprint density at radius 3 is 2.62 bits per heavy atom. The van der Waals surface area contributed by atoms with E-state index in [1.165, 1.54) is 0 Å². The van der Waals surface area contributed by atoms with Crippen LogP contribution in [0, 0.1) is 16.4 Å².